The quantitative estimate of drug-likeness (QED) is 0.667. The van der Waals surface area contributed by atoms with E-state index < -0.39 is 0 Å². The van der Waals surface area contributed by atoms with Gasteiger partial charge < -0.3 is 10.5 Å². The summed E-state index contributed by atoms with van der Waals surface area (Å²) >= 11 is 0. The van der Waals surface area contributed by atoms with Gasteiger partial charge in [-0.2, -0.15) is 0 Å². The van der Waals surface area contributed by atoms with Gasteiger partial charge in [0.2, 0.25) is 0 Å². The number of nitrogens with zero attached hydrogens (tertiary/aromatic N) is 1. The Morgan fingerprint density at radius 2 is 2.13 bits per heavy atom. The van der Waals surface area contributed by atoms with Gasteiger partial charge in [-0.05, 0) is 32.7 Å². The average molecular weight is 214 g/mol. The zero-order chi connectivity index (χ0) is 11.3. The Bertz CT molecular complexity index is 182. The number of nitrogens with two attached hydrogens (primary N) is 1. The fraction of sp³-hybridized carbons (Fsp3) is 1.00. The molecule has 1 saturated carbocycles. The lowest BCUT2D eigenvalue weighted by Gasteiger charge is -2.40. The number of ether oxygens (including phenoxy) is 1. The predicted molar refractivity (Wildman–Crippen MR) is 64.0 cm³/mol. The molecule has 15 heavy (non-hydrogen) atoms. The molecule has 1 fully saturated rings. The van der Waals surface area contributed by atoms with Crippen LogP contribution in [0.25, 0.3) is 0 Å². The van der Waals surface area contributed by atoms with Gasteiger partial charge in [0.25, 0.3) is 0 Å². The van der Waals surface area contributed by atoms with Crippen LogP contribution in [0, 0.1) is 0 Å². The maximum Gasteiger partial charge on any atom is 0.0656 e. The van der Waals surface area contributed by atoms with E-state index in [-0.39, 0.29) is 5.54 Å². The first-order valence-electron chi connectivity index (χ1n) is 6.13. The smallest absolute Gasteiger partial charge is 0.0656 e. The zero-order valence-electron chi connectivity index (χ0n) is 10.5. The minimum absolute atomic E-state index is 0.0328. The first kappa shape index (κ1) is 12.9. The van der Waals surface area contributed by atoms with Crippen LogP contribution in [-0.2, 0) is 4.74 Å². The van der Waals surface area contributed by atoms with Crippen LogP contribution in [-0.4, -0.2) is 43.3 Å². The summed E-state index contributed by atoms with van der Waals surface area (Å²) in [6, 6.07) is 0.764. The fourth-order valence-corrected chi connectivity index (χ4v) is 2.18. The molecule has 2 N–H and O–H groups in total. The lowest BCUT2D eigenvalue weighted by atomic mass is 10.00. The molecule has 0 amide bonds. The van der Waals surface area contributed by atoms with Crippen molar-refractivity contribution in [2.75, 3.05) is 26.8 Å². The summed E-state index contributed by atoms with van der Waals surface area (Å²) in [4.78, 5) is 2.57. The molecule has 1 aliphatic carbocycles. The SMILES string of the molecule is CCCCN(C1CC1)C(C)(CN)COC. The van der Waals surface area contributed by atoms with Gasteiger partial charge in [0.05, 0.1) is 12.1 Å². The van der Waals surface area contributed by atoms with Crippen LogP contribution in [0.1, 0.15) is 39.5 Å². The lowest BCUT2D eigenvalue weighted by molar-refractivity contribution is 0.0204. The topological polar surface area (TPSA) is 38.5 Å². The molecule has 0 bridgehead atoms. The van der Waals surface area contributed by atoms with E-state index in [0.29, 0.717) is 6.54 Å². The Balaban J connectivity index is 2.57. The lowest BCUT2D eigenvalue weighted by Crippen LogP contribution is -2.56. The van der Waals surface area contributed by atoms with Crippen LogP contribution in [0.2, 0.25) is 0 Å². The van der Waals surface area contributed by atoms with Gasteiger partial charge >= 0.3 is 0 Å². The molecule has 0 radical (unpaired) electrons. The first-order chi connectivity index (χ1) is 7.18. The molecular weight excluding hydrogens is 188 g/mol. The highest BCUT2D eigenvalue weighted by Gasteiger charge is 2.39. The summed E-state index contributed by atoms with van der Waals surface area (Å²) < 4.78 is 5.32. The van der Waals surface area contributed by atoms with Crippen molar-refractivity contribution in [1.29, 1.82) is 0 Å². The third-order valence-electron chi connectivity index (χ3n) is 3.33. The van der Waals surface area contributed by atoms with E-state index in [2.05, 4.69) is 18.7 Å². The van der Waals surface area contributed by atoms with Gasteiger partial charge in [-0.3, -0.25) is 4.90 Å². The van der Waals surface area contributed by atoms with E-state index in [0.717, 1.165) is 19.2 Å². The summed E-state index contributed by atoms with van der Waals surface area (Å²) in [7, 11) is 1.76. The van der Waals surface area contributed by atoms with Crippen LogP contribution in [0.5, 0.6) is 0 Å². The largest absolute Gasteiger partial charge is 0.383 e. The van der Waals surface area contributed by atoms with E-state index >= 15 is 0 Å². The van der Waals surface area contributed by atoms with Crippen molar-refractivity contribution in [3.63, 3.8) is 0 Å². The van der Waals surface area contributed by atoms with Crippen molar-refractivity contribution in [2.24, 2.45) is 5.73 Å². The van der Waals surface area contributed by atoms with Gasteiger partial charge in [-0.15, -0.1) is 0 Å². The average Bonchev–Trinajstić information content (AvgIpc) is 3.03. The number of unbranched alkanes of at least 4 members (excludes halogenated alkanes) is 1. The summed E-state index contributed by atoms with van der Waals surface area (Å²) in [6.07, 6.45) is 5.18. The minimum atomic E-state index is 0.0328. The standard InChI is InChI=1S/C12H26N2O/c1-4-5-8-14(11-6-7-11)12(2,9-13)10-15-3/h11H,4-10,13H2,1-3H3. The van der Waals surface area contributed by atoms with E-state index in [1.54, 1.807) is 7.11 Å². The van der Waals surface area contributed by atoms with Crippen molar-refractivity contribution in [3.8, 4) is 0 Å². The molecule has 0 aromatic carbocycles. The first-order valence-corrected chi connectivity index (χ1v) is 6.13. The van der Waals surface area contributed by atoms with Crippen molar-refractivity contribution in [3.05, 3.63) is 0 Å². The maximum atomic E-state index is 5.91. The molecular formula is C12H26N2O. The maximum absolute atomic E-state index is 5.91. The highest BCUT2D eigenvalue weighted by molar-refractivity contribution is 4.96. The van der Waals surface area contributed by atoms with Crippen LogP contribution in [0.15, 0.2) is 0 Å². The normalized spacial score (nSPS) is 20.6. The van der Waals surface area contributed by atoms with Crippen LogP contribution in [0.4, 0.5) is 0 Å². The summed E-state index contributed by atoms with van der Waals surface area (Å²) in [5, 5.41) is 0. The Kier molecular flexibility index (Phi) is 5.03. The second kappa shape index (κ2) is 5.83. The molecule has 0 spiro atoms. The van der Waals surface area contributed by atoms with Crippen LogP contribution >= 0.6 is 0 Å². The van der Waals surface area contributed by atoms with E-state index in [1.165, 1.54) is 25.7 Å². The summed E-state index contributed by atoms with van der Waals surface area (Å²) in [5.74, 6) is 0. The molecule has 0 aliphatic heterocycles. The Morgan fingerprint density at radius 3 is 2.53 bits per heavy atom. The number of rotatable bonds is 8. The second-order valence-corrected chi connectivity index (χ2v) is 4.91. The second-order valence-electron chi connectivity index (χ2n) is 4.91. The molecule has 1 unspecified atom stereocenters. The number of hydrogen-bond donors (Lipinski definition) is 1. The predicted octanol–water partition coefficient (Wildman–Crippen LogP) is 1.61. The van der Waals surface area contributed by atoms with Crippen molar-refractivity contribution < 1.29 is 4.74 Å². The number of methoxy groups -OCH3 is 1. The summed E-state index contributed by atoms with van der Waals surface area (Å²) in [5.41, 5.74) is 5.94. The molecule has 1 rings (SSSR count). The van der Waals surface area contributed by atoms with Crippen LogP contribution in [0.3, 0.4) is 0 Å². The summed E-state index contributed by atoms with van der Waals surface area (Å²) in [6.45, 7) is 7.05. The van der Waals surface area contributed by atoms with Crippen LogP contribution < -0.4 is 5.73 Å². The highest BCUT2D eigenvalue weighted by atomic mass is 16.5. The fourth-order valence-electron chi connectivity index (χ4n) is 2.18. The molecule has 0 aromatic heterocycles. The molecule has 1 aliphatic rings. The van der Waals surface area contributed by atoms with Gasteiger partial charge in [-0.1, -0.05) is 13.3 Å². The highest BCUT2D eigenvalue weighted by Crippen LogP contribution is 2.33. The zero-order valence-corrected chi connectivity index (χ0v) is 10.5. The molecule has 90 valence electrons. The van der Waals surface area contributed by atoms with Crippen molar-refractivity contribution >= 4 is 0 Å². The van der Waals surface area contributed by atoms with Gasteiger partial charge in [0.15, 0.2) is 0 Å². The minimum Gasteiger partial charge on any atom is -0.383 e. The van der Waals surface area contributed by atoms with E-state index in [4.69, 9.17) is 10.5 Å². The monoisotopic (exact) mass is 214 g/mol. The molecule has 1 atom stereocenters. The molecule has 0 aromatic rings. The molecule has 0 saturated heterocycles. The van der Waals surface area contributed by atoms with Gasteiger partial charge in [0, 0.05) is 19.7 Å². The Hall–Kier alpha value is -0.120. The third-order valence-corrected chi connectivity index (χ3v) is 3.33. The Morgan fingerprint density at radius 1 is 1.47 bits per heavy atom. The van der Waals surface area contributed by atoms with E-state index in [9.17, 15) is 0 Å². The van der Waals surface area contributed by atoms with E-state index in [1.807, 2.05) is 0 Å². The molecule has 0 heterocycles. The molecule has 3 nitrogen and oxygen atoms in total. The molecule has 3 heteroatoms. The van der Waals surface area contributed by atoms with Gasteiger partial charge in [-0.25, -0.2) is 0 Å². The third kappa shape index (κ3) is 3.44. The Labute approximate surface area is 94.0 Å². The number of hydrogen-bond acceptors (Lipinski definition) is 3. The van der Waals surface area contributed by atoms with Crippen molar-refractivity contribution in [2.45, 2.75) is 51.1 Å². The van der Waals surface area contributed by atoms with Crippen molar-refractivity contribution in [1.82, 2.24) is 4.90 Å². The van der Waals surface area contributed by atoms with Gasteiger partial charge in [0.1, 0.15) is 0 Å².